The Balaban J connectivity index is 1.01. The number of hydrogen-bond acceptors (Lipinski definition) is 2. The fourth-order valence-corrected chi connectivity index (χ4v) is 9.11. The lowest BCUT2D eigenvalue weighted by Gasteiger charge is -2.12. The predicted molar refractivity (Wildman–Crippen MR) is 250 cm³/mol. The Morgan fingerprint density at radius 2 is 0.767 bits per heavy atom. The molecule has 9 aromatic carbocycles. The maximum atomic E-state index is 5.10. The topological polar surface area (TPSA) is 35.6 Å². The van der Waals surface area contributed by atoms with E-state index in [0.717, 1.165) is 45.0 Å². The van der Waals surface area contributed by atoms with Gasteiger partial charge in [-0.05, 0) is 101 Å². The zero-order valence-corrected chi connectivity index (χ0v) is 32.6. The summed E-state index contributed by atoms with van der Waals surface area (Å²) in [5.74, 6) is 0.698. The molecule has 0 spiro atoms. The molecule has 4 heteroatoms. The number of benzene rings is 9. The quantitative estimate of drug-likeness (QED) is 0.169. The van der Waals surface area contributed by atoms with E-state index in [9.17, 15) is 0 Å². The van der Waals surface area contributed by atoms with E-state index in [4.69, 9.17) is 9.97 Å². The van der Waals surface area contributed by atoms with Crippen LogP contribution in [0.1, 0.15) is 0 Å². The third-order valence-electron chi connectivity index (χ3n) is 11.9. The number of hydrogen-bond donors (Lipinski definition) is 0. The molecule has 0 aliphatic carbocycles. The molecule has 0 saturated carbocycles. The number of nitrogens with zero attached hydrogens (tertiary/aromatic N) is 4. The van der Waals surface area contributed by atoms with Gasteiger partial charge in [0.2, 0.25) is 0 Å². The van der Waals surface area contributed by atoms with Gasteiger partial charge in [-0.1, -0.05) is 140 Å². The molecule has 0 atom stereocenters. The van der Waals surface area contributed by atoms with E-state index in [0.29, 0.717) is 5.82 Å². The SMILES string of the molecule is c1ccc(-c2cc(-c3ccccc3)nc(-c3ccc(-n4c5ccc(-c6ccc7c(c6)c6ccccc6n7-c6ccccc6)cc5c5c6ccccc6ccc54)cc3)n2)cc1. The maximum absolute atomic E-state index is 5.10. The molecule has 3 aromatic heterocycles. The van der Waals surface area contributed by atoms with E-state index in [1.54, 1.807) is 0 Å². The van der Waals surface area contributed by atoms with Gasteiger partial charge in [-0.25, -0.2) is 9.97 Å². The molecule has 0 fully saturated rings. The summed E-state index contributed by atoms with van der Waals surface area (Å²) in [6, 6.07) is 78.0. The molecule has 0 amide bonds. The van der Waals surface area contributed by atoms with E-state index >= 15 is 0 Å². The lowest BCUT2D eigenvalue weighted by atomic mass is 9.99. The van der Waals surface area contributed by atoms with Crippen LogP contribution < -0.4 is 0 Å². The van der Waals surface area contributed by atoms with E-state index < -0.39 is 0 Å². The van der Waals surface area contributed by atoms with Crippen molar-refractivity contribution in [2.75, 3.05) is 0 Å². The van der Waals surface area contributed by atoms with Crippen molar-refractivity contribution in [3.8, 4) is 56.4 Å². The first-order valence-corrected chi connectivity index (χ1v) is 20.4. The van der Waals surface area contributed by atoms with Crippen LogP contribution >= 0.6 is 0 Å². The molecule has 0 saturated heterocycles. The lowest BCUT2D eigenvalue weighted by molar-refractivity contribution is 1.16. The van der Waals surface area contributed by atoms with Crippen molar-refractivity contribution in [1.29, 1.82) is 0 Å². The smallest absolute Gasteiger partial charge is 0.160 e. The minimum Gasteiger partial charge on any atom is -0.309 e. The molecule has 0 bridgehead atoms. The van der Waals surface area contributed by atoms with Crippen LogP contribution in [0.25, 0.3) is 111 Å². The van der Waals surface area contributed by atoms with Crippen molar-refractivity contribution in [2.24, 2.45) is 0 Å². The van der Waals surface area contributed by atoms with Gasteiger partial charge >= 0.3 is 0 Å². The minimum atomic E-state index is 0.698. The molecule has 0 unspecified atom stereocenters. The summed E-state index contributed by atoms with van der Waals surface area (Å²) in [6.07, 6.45) is 0. The minimum absolute atomic E-state index is 0.698. The first kappa shape index (κ1) is 34.0. The van der Waals surface area contributed by atoms with Crippen molar-refractivity contribution in [3.05, 3.63) is 218 Å². The van der Waals surface area contributed by atoms with Crippen molar-refractivity contribution in [1.82, 2.24) is 19.1 Å². The summed E-state index contributed by atoms with van der Waals surface area (Å²) in [4.78, 5) is 10.2. The summed E-state index contributed by atoms with van der Waals surface area (Å²) in [5.41, 5.74) is 14.2. The van der Waals surface area contributed by atoms with Crippen LogP contribution in [-0.2, 0) is 0 Å². The Hall–Kier alpha value is -8.08. The van der Waals surface area contributed by atoms with Gasteiger partial charge in [-0.2, -0.15) is 0 Å². The molecule has 12 rings (SSSR count). The van der Waals surface area contributed by atoms with E-state index in [-0.39, 0.29) is 0 Å². The third kappa shape index (κ3) is 5.53. The highest BCUT2D eigenvalue weighted by atomic mass is 15.0. The van der Waals surface area contributed by atoms with Crippen LogP contribution in [0.4, 0.5) is 0 Å². The van der Waals surface area contributed by atoms with Gasteiger partial charge in [0.05, 0.1) is 33.5 Å². The van der Waals surface area contributed by atoms with Gasteiger partial charge in [0.25, 0.3) is 0 Å². The number of aromatic nitrogens is 4. The Labute approximate surface area is 346 Å². The highest BCUT2D eigenvalue weighted by Crippen LogP contribution is 2.41. The van der Waals surface area contributed by atoms with Gasteiger partial charge in [0, 0.05) is 49.6 Å². The second-order valence-electron chi connectivity index (χ2n) is 15.4. The van der Waals surface area contributed by atoms with Gasteiger partial charge in [-0.3, -0.25) is 0 Å². The fraction of sp³-hybridized carbons (Fsp3) is 0. The molecular formula is C56H36N4. The maximum Gasteiger partial charge on any atom is 0.160 e. The van der Waals surface area contributed by atoms with Crippen LogP contribution in [0.5, 0.6) is 0 Å². The molecule has 60 heavy (non-hydrogen) atoms. The zero-order valence-electron chi connectivity index (χ0n) is 32.6. The van der Waals surface area contributed by atoms with Gasteiger partial charge in [0.15, 0.2) is 5.82 Å². The second kappa shape index (κ2) is 13.8. The van der Waals surface area contributed by atoms with E-state index in [2.05, 4.69) is 215 Å². The molecule has 4 nitrogen and oxygen atoms in total. The van der Waals surface area contributed by atoms with Crippen molar-refractivity contribution in [2.45, 2.75) is 0 Å². The standard InChI is InChI=1S/C56H36N4/c1-4-15-38(16-5-1)49-36-50(39-17-6-2-7-18-39)58-56(57-49)40-24-29-44(30-25-40)60-53-32-28-42(35-48(53)55-45-21-11-10-14-37(45)26-33-54(55)60)41-27-31-52-47(34-41)46-22-12-13-23-51(46)59(52)43-19-8-3-9-20-43/h1-36H. The number of fused-ring (bicyclic) bond motifs is 8. The molecule has 280 valence electrons. The third-order valence-corrected chi connectivity index (χ3v) is 11.9. The highest BCUT2D eigenvalue weighted by molar-refractivity contribution is 6.22. The first-order valence-electron chi connectivity index (χ1n) is 20.4. The largest absolute Gasteiger partial charge is 0.309 e. The normalized spacial score (nSPS) is 11.7. The number of para-hydroxylation sites is 2. The monoisotopic (exact) mass is 764 g/mol. The molecule has 0 aliphatic rings. The summed E-state index contributed by atoms with van der Waals surface area (Å²) in [5, 5.41) is 7.44. The zero-order chi connectivity index (χ0) is 39.6. The fourth-order valence-electron chi connectivity index (χ4n) is 9.11. The molecule has 3 heterocycles. The lowest BCUT2D eigenvalue weighted by Crippen LogP contribution is -1.97. The summed E-state index contributed by atoms with van der Waals surface area (Å²) in [6.45, 7) is 0. The molecule has 0 aliphatic heterocycles. The van der Waals surface area contributed by atoms with Crippen LogP contribution in [0.2, 0.25) is 0 Å². The van der Waals surface area contributed by atoms with Gasteiger partial charge in [0.1, 0.15) is 0 Å². The van der Waals surface area contributed by atoms with Crippen LogP contribution in [0, 0.1) is 0 Å². The Morgan fingerprint density at radius 1 is 0.283 bits per heavy atom. The highest BCUT2D eigenvalue weighted by Gasteiger charge is 2.18. The molecule has 12 aromatic rings. The van der Waals surface area contributed by atoms with E-state index in [1.807, 2.05) is 12.1 Å². The van der Waals surface area contributed by atoms with Crippen molar-refractivity contribution >= 4 is 54.4 Å². The molecule has 0 N–H and O–H groups in total. The van der Waals surface area contributed by atoms with Gasteiger partial charge in [-0.15, -0.1) is 0 Å². The van der Waals surface area contributed by atoms with Crippen LogP contribution in [0.3, 0.4) is 0 Å². The summed E-state index contributed by atoms with van der Waals surface area (Å²) < 4.78 is 4.77. The first-order chi connectivity index (χ1) is 29.7. The summed E-state index contributed by atoms with van der Waals surface area (Å²) >= 11 is 0. The number of rotatable bonds is 6. The van der Waals surface area contributed by atoms with E-state index in [1.165, 1.54) is 60.0 Å². The molecular weight excluding hydrogens is 729 g/mol. The average molecular weight is 765 g/mol. The Bertz CT molecular complexity index is 3510. The van der Waals surface area contributed by atoms with Crippen LogP contribution in [-0.4, -0.2) is 19.1 Å². The van der Waals surface area contributed by atoms with Gasteiger partial charge < -0.3 is 9.13 Å². The Morgan fingerprint density at radius 3 is 1.45 bits per heavy atom. The average Bonchev–Trinajstić information content (AvgIpc) is 3.85. The van der Waals surface area contributed by atoms with Crippen LogP contribution in [0.15, 0.2) is 218 Å². The second-order valence-corrected chi connectivity index (χ2v) is 15.4. The molecule has 0 radical (unpaired) electrons. The van der Waals surface area contributed by atoms with Crippen molar-refractivity contribution in [3.63, 3.8) is 0 Å². The Kier molecular flexibility index (Phi) is 7.82. The van der Waals surface area contributed by atoms with Crippen molar-refractivity contribution < 1.29 is 0 Å². The summed E-state index contributed by atoms with van der Waals surface area (Å²) in [7, 11) is 0. The predicted octanol–water partition coefficient (Wildman–Crippen LogP) is 14.5.